The fourth-order valence-corrected chi connectivity index (χ4v) is 6.15. The van der Waals surface area contributed by atoms with E-state index in [4.69, 9.17) is 29.8 Å². The molecule has 10 N–H and O–H groups in total. The summed E-state index contributed by atoms with van der Waals surface area (Å²) >= 11 is 0. The number of aliphatic imine (C=N–C) groups is 1. The van der Waals surface area contributed by atoms with Gasteiger partial charge in [-0.05, 0) is 32.1 Å². The van der Waals surface area contributed by atoms with Crippen LogP contribution in [-0.4, -0.2) is 141 Å². The number of allylic oxidation sites excluding steroid dienone is 2. The number of guanidine groups is 1. The molecule has 0 aromatic heterocycles. The molecule has 1 saturated heterocycles. The quantitative estimate of drug-likeness (QED) is 0.0302. The molecule has 3 aliphatic heterocycles. The molecule has 0 radical (unpaired) electrons. The Kier molecular flexibility index (Phi) is 14.4. The van der Waals surface area contributed by atoms with Crippen LogP contribution < -0.4 is 11.1 Å². The third-order valence-corrected chi connectivity index (χ3v) is 8.87. The Labute approximate surface area is 289 Å². The Morgan fingerprint density at radius 1 is 1.10 bits per heavy atom. The molecule has 4 rings (SSSR count). The minimum absolute atomic E-state index is 0.0695. The number of nitrogens with two attached hydrogens (primary N) is 1. The third-order valence-electron chi connectivity index (χ3n) is 8.87. The molecule has 0 unspecified atom stereocenters. The van der Waals surface area contributed by atoms with Crippen LogP contribution in [0.15, 0.2) is 64.7 Å². The smallest absolute Gasteiger partial charge is 0.338 e. The van der Waals surface area contributed by atoms with Crippen LogP contribution in [0.3, 0.4) is 0 Å². The van der Waals surface area contributed by atoms with Crippen LogP contribution in [0.4, 0.5) is 0 Å². The van der Waals surface area contributed by atoms with Crippen molar-refractivity contribution in [1.29, 1.82) is 0 Å². The number of ether oxygens (including phenoxy) is 4. The highest BCUT2D eigenvalue weighted by Crippen LogP contribution is 2.37. The Morgan fingerprint density at radius 2 is 1.84 bits per heavy atom. The fourth-order valence-electron chi connectivity index (χ4n) is 6.15. The third kappa shape index (κ3) is 9.49. The molecular formula is C33H48N4O13. The number of carboxylic acids is 1. The molecule has 0 spiro atoms. The minimum atomic E-state index is -1.73. The molecule has 3 heterocycles. The van der Waals surface area contributed by atoms with Gasteiger partial charge >= 0.3 is 11.9 Å². The first-order valence-electron chi connectivity index (χ1n) is 16.6. The topological polar surface area (TPSA) is 266 Å². The van der Waals surface area contributed by atoms with E-state index in [1.54, 1.807) is 23.3 Å². The lowest BCUT2D eigenvalue weighted by Crippen LogP contribution is -2.60. The molecule has 0 aromatic carbocycles. The Morgan fingerprint density at radius 3 is 2.48 bits per heavy atom. The van der Waals surface area contributed by atoms with Gasteiger partial charge in [-0.3, -0.25) is 4.99 Å². The van der Waals surface area contributed by atoms with Crippen molar-refractivity contribution < 1.29 is 64.3 Å². The first-order chi connectivity index (χ1) is 24.0. The van der Waals surface area contributed by atoms with Crippen molar-refractivity contribution in [2.24, 2.45) is 22.6 Å². The maximum atomic E-state index is 13.6. The van der Waals surface area contributed by atoms with Gasteiger partial charge in [0, 0.05) is 37.4 Å². The molecule has 8 atom stereocenters. The lowest BCUT2D eigenvalue weighted by molar-refractivity contribution is -0.338. The zero-order valence-electron chi connectivity index (χ0n) is 27.6. The van der Waals surface area contributed by atoms with E-state index in [1.165, 1.54) is 6.08 Å². The van der Waals surface area contributed by atoms with Gasteiger partial charge in [0.2, 0.25) is 6.29 Å². The van der Waals surface area contributed by atoms with Crippen LogP contribution in [0, 0.1) is 11.8 Å². The highest BCUT2D eigenvalue weighted by atomic mass is 16.8. The summed E-state index contributed by atoms with van der Waals surface area (Å²) < 4.78 is 23.0. The summed E-state index contributed by atoms with van der Waals surface area (Å²) in [6.07, 6.45) is 1.60. The van der Waals surface area contributed by atoms with E-state index in [1.807, 2.05) is 0 Å². The summed E-state index contributed by atoms with van der Waals surface area (Å²) in [4.78, 5) is 31.7. The Hall–Kier alpha value is -3.81. The Balaban J connectivity index is 1.71. The standard InChI is InChI=1S/C33H48N4O13/c1-2-20-21(9-8-18-14-37(11-13-39)15-22(29(44)45)25(18)36-33(34)35-10-5-12-38)23(30(46)48-19-6-3-4-7-19)17-47-31(20)50-32-28(43)27(42)26(41)24(16-40)49-32/h2,8-9,14,17,19-21,24,26-28,31-32,38-43H,1,3-7,10-13,15-16H2,(H,44,45)(H3,34,35,36)/b9-8-/t20-,21+,24-,26-,27+,28-,31+,32+/m1/s1. The minimum Gasteiger partial charge on any atom is -0.478 e. The number of aliphatic hydroxyl groups excluding tert-OH is 6. The van der Waals surface area contributed by atoms with Crippen molar-refractivity contribution in [2.75, 3.05) is 39.5 Å². The molecule has 1 aliphatic carbocycles. The summed E-state index contributed by atoms with van der Waals surface area (Å²) in [5, 5.41) is 72.4. The highest BCUT2D eigenvalue weighted by molar-refractivity contribution is 5.92. The number of rotatable bonds is 15. The van der Waals surface area contributed by atoms with E-state index >= 15 is 0 Å². The lowest BCUT2D eigenvalue weighted by Gasteiger charge is -2.42. The fraction of sp³-hybridized carbons (Fsp3) is 0.606. The second-order valence-corrected chi connectivity index (χ2v) is 12.3. The van der Waals surface area contributed by atoms with Gasteiger partial charge in [-0.2, -0.15) is 0 Å². The SMILES string of the molecule is C=C[C@H]1[C@H](O[C@@H]2O[C@H](CO)[C@@H](O)[C@H](O)[C@H]2O)OC=C(C(=O)OC2CCCC2)[C@H]1/C=C\C1=CN(CCO)CC(C(=O)O)=C1NC(N)=NCCCO. The van der Waals surface area contributed by atoms with Gasteiger partial charge in [-0.1, -0.05) is 18.2 Å². The first kappa shape index (κ1) is 39.0. The number of aliphatic carboxylic acids is 1. The molecule has 17 heteroatoms. The second kappa shape index (κ2) is 18.4. The number of nitrogens with zero attached hydrogens (tertiary/aromatic N) is 2. The van der Waals surface area contributed by atoms with Crippen molar-refractivity contribution in [1.82, 2.24) is 10.2 Å². The van der Waals surface area contributed by atoms with Gasteiger partial charge in [0.05, 0.1) is 48.8 Å². The molecule has 2 fully saturated rings. The highest BCUT2D eigenvalue weighted by Gasteiger charge is 2.47. The number of β-amino-alcohol motifs (C(OH)–C–C–N with tert-alkyl or cyclic N) is 1. The summed E-state index contributed by atoms with van der Waals surface area (Å²) in [6.45, 7) is 3.09. The number of carboxylic acid groups (broad SMARTS) is 1. The monoisotopic (exact) mass is 708 g/mol. The zero-order chi connectivity index (χ0) is 36.4. The predicted octanol–water partition coefficient (Wildman–Crippen LogP) is -1.68. The molecule has 0 amide bonds. The number of esters is 1. The van der Waals surface area contributed by atoms with Crippen molar-refractivity contribution in [3.8, 4) is 0 Å². The van der Waals surface area contributed by atoms with E-state index in [9.17, 15) is 40.2 Å². The summed E-state index contributed by atoms with van der Waals surface area (Å²) in [5.41, 5.74) is 6.51. The average Bonchev–Trinajstić information content (AvgIpc) is 3.61. The van der Waals surface area contributed by atoms with Crippen molar-refractivity contribution in [3.05, 3.63) is 59.7 Å². The maximum Gasteiger partial charge on any atom is 0.338 e. The normalized spacial score (nSPS) is 30.9. The molecular weight excluding hydrogens is 660 g/mol. The number of nitrogens with one attached hydrogen (secondary N) is 1. The van der Waals surface area contributed by atoms with Gasteiger partial charge < -0.3 is 70.6 Å². The average molecular weight is 709 g/mol. The van der Waals surface area contributed by atoms with E-state index in [2.05, 4.69) is 16.9 Å². The molecule has 17 nitrogen and oxygen atoms in total. The lowest BCUT2D eigenvalue weighted by atomic mass is 9.83. The molecule has 278 valence electrons. The van der Waals surface area contributed by atoms with Crippen molar-refractivity contribution >= 4 is 17.9 Å². The van der Waals surface area contributed by atoms with Crippen LogP contribution in [0.1, 0.15) is 32.1 Å². The summed E-state index contributed by atoms with van der Waals surface area (Å²) in [6, 6.07) is 0. The molecule has 4 aliphatic rings. The van der Waals surface area contributed by atoms with Crippen LogP contribution in [0.2, 0.25) is 0 Å². The predicted molar refractivity (Wildman–Crippen MR) is 175 cm³/mol. The summed E-state index contributed by atoms with van der Waals surface area (Å²) in [7, 11) is 0. The number of aliphatic hydroxyl groups is 6. The Bertz CT molecular complexity index is 1360. The molecule has 0 aromatic rings. The van der Waals surface area contributed by atoms with Gasteiger partial charge in [-0.15, -0.1) is 6.58 Å². The van der Waals surface area contributed by atoms with Gasteiger partial charge in [-0.25, -0.2) is 9.59 Å². The van der Waals surface area contributed by atoms with Gasteiger partial charge in [0.1, 0.15) is 30.5 Å². The van der Waals surface area contributed by atoms with Crippen molar-refractivity contribution in [3.63, 3.8) is 0 Å². The van der Waals surface area contributed by atoms with Gasteiger partial charge in [0.25, 0.3) is 0 Å². The second-order valence-electron chi connectivity index (χ2n) is 12.3. The van der Waals surface area contributed by atoms with E-state index in [-0.39, 0.29) is 61.8 Å². The van der Waals surface area contributed by atoms with Crippen molar-refractivity contribution in [2.45, 2.75) is 75.2 Å². The molecule has 0 bridgehead atoms. The molecule has 50 heavy (non-hydrogen) atoms. The van der Waals surface area contributed by atoms with Crippen LogP contribution in [0.5, 0.6) is 0 Å². The van der Waals surface area contributed by atoms with E-state index in [0.29, 0.717) is 24.8 Å². The van der Waals surface area contributed by atoms with Gasteiger partial charge in [0.15, 0.2) is 12.2 Å². The van der Waals surface area contributed by atoms with Crippen LogP contribution in [0.25, 0.3) is 0 Å². The first-order valence-corrected chi connectivity index (χ1v) is 16.6. The number of carbonyl (C=O) groups is 2. The maximum absolute atomic E-state index is 13.6. The van der Waals surface area contributed by atoms with Crippen LogP contribution in [-0.2, 0) is 28.5 Å². The zero-order valence-corrected chi connectivity index (χ0v) is 27.6. The van der Waals surface area contributed by atoms with E-state index < -0.39 is 67.4 Å². The number of hydrogen-bond acceptors (Lipinski definition) is 14. The van der Waals surface area contributed by atoms with Crippen LogP contribution >= 0.6 is 0 Å². The summed E-state index contributed by atoms with van der Waals surface area (Å²) in [5.74, 6) is -3.72. The number of hydrogen-bond donors (Lipinski definition) is 9. The van der Waals surface area contributed by atoms with E-state index in [0.717, 1.165) is 19.1 Å². The number of carbonyl (C=O) groups excluding carboxylic acids is 1. The largest absolute Gasteiger partial charge is 0.478 e. The molecule has 1 saturated carbocycles.